The maximum Gasteiger partial charge on any atom is 0.148 e. The molecule has 0 aromatic heterocycles. The molecule has 0 rings (SSSR count). The van der Waals surface area contributed by atoms with Crippen molar-refractivity contribution in [2.75, 3.05) is 12.0 Å². The number of hydrogen-bond acceptors (Lipinski definition) is 4. The third kappa shape index (κ3) is 4.14. The van der Waals surface area contributed by atoms with Crippen LogP contribution >= 0.6 is 11.8 Å². The van der Waals surface area contributed by atoms with Gasteiger partial charge in [0.25, 0.3) is 0 Å². The summed E-state index contributed by atoms with van der Waals surface area (Å²) in [4.78, 5) is 19.7. The van der Waals surface area contributed by atoms with Crippen molar-refractivity contribution in [3.05, 3.63) is 4.91 Å². The highest BCUT2D eigenvalue weighted by atomic mass is 32.2. The molecule has 4 heteroatoms. The van der Waals surface area contributed by atoms with Gasteiger partial charge in [-0.1, -0.05) is 5.18 Å². The van der Waals surface area contributed by atoms with E-state index < -0.39 is 6.04 Å². The number of carbonyl (C=O) groups is 1. The first-order valence-corrected chi connectivity index (χ1v) is 4.01. The van der Waals surface area contributed by atoms with Crippen molar-refractivity contribution in [2.24, 2.45) is 5.18 Å². The Morgan fingerprint density at radius 1 is 1.78 bits per heavy atom. The second-order valence-corrected chi connectivity index (χ2v) is 2.58. The molecule has 0 radical (unpaired) electrons. The molecule has 0 spiro atoms. The van der Waals surface area contributed by atoms with Crippen molar-refractivity contribution < 1.29 is 4.79 Å². The highest BCUT2D eigenvalue weighted by Crippen LogP contribution is 2.00. The second-order valence-electron chi connectivity index (χ2n) is 1.59. The summed E-state index contributed by atoms with van der Waals surface area (Å²) in [5.74, 6) is 0.815. The number of carbonyl (C=O) groups excluding carboxylic acids is 1. The molecule has 52 valence electrons. The molecule has 0 aromatic carbocycles. The van der Waals surface area contributed by atoms with E-state index in [1.54, 1.807) is 11.8 Å². The zero-order valence-corrected chi connectivity index (χ0v) is 6.06. The zero-order valence-electron chi connectivity index (χ0n) is 5.24. The maximum absolute atomic E-state index is 9.94. The molecule has 0 saturated carbocycles. The van der Waals surface area contributed by atoms with E-state index in [1.807, 2.05) is 6.26 Å². The molecule has 0 N–H and O–H groups in total. The van der Waals surface area contributed by atoms with Gasteiger partial charge in [-0.3, -0.25) is 0 Å². The van der Waals surface area contributed by atoms with Crippen LogP contribution in [0.5, 0.6) is 0 Å². The number of nitroso groups, excluding NO2 is 1. The van der Waals surface area contributed by atoms with Crippen LogP contribution in [-0.2, 0) is 4.79 Å². The van der Waals surface area contributed by atoms with Crippen LogP contribution in [0.15, 0.2) is 5.18 Å². The predicted octanol–water partition coefficient (Wildman–Crippen LogP) is 1.07. The summed E-state index contributed by atoms with van der Waals surface area (Å²) >= 11 is 1.60. The highest BCUT2D eigenvalue weighted by molar-refractivity contribution is 7.98. The molecule has 0 amide bonds. The highest BCUT2D eigenvalue weighted by Gasteiger charge is 2.03. The van der Waals surface area contributed by atoms with Gasteiger partial charge < -0.3 is 4.79 Å². The van der Waals surface area contributed by atoms with Crippen molar-refractivity contribution in [1.29, 1.82) is 0 Å². The van der Waals surface area contributed by atoms with Crippen molar-refractivity contribution in [3.8, 4) is 0 Å². The predicted molar refractivity (Wildman–Crippen MR) is 38.6 cm³/mol. The van der Waals surface area contributed by atoms with Crippen molar-refractivity contribution in [1.82, 2.24) is 0 Å². The Bertz CT molecular complexity index is 89.0. The van der Waals surface area contributed by atoms with Gasteiger partial charge >= 0.3 is 0 Å². The van der Waals surface area contributed by atoms with Gasteiger partial charge in [-0.15, -0.1) is 0 Å². The molecular weight excluding hydrogens is 138 g/mol. The lowest BCUT2D eigenvalue weighted by Crippen LogP contribution is -2.05. The standard InChI is InChI=1S/C5H9NO2S/c1-9-3-2-5(4-7)6-8/h4-5H,2-3H2,1H3/t5-/m1/s1. The van der Waals surface area contributed by atoms with Crippen LogP contribution in [0.2, 0.25) is 0 Å². The fourth-order valence-corrected chi connectivity index (χ4v) is 0.861. The third-order valence-corrected chi connectivity index (χ3v) is 1.55. The van der Waals surface area contributed by atoms with E-state index in [0.717, 1.165) is 5.75 Å². The summed E-state index contributed by atoms with van der Waals surface area (Å²) in [6.07, 6.45) is 3.07. The molecule has 0 saturated heterocycles. The van der Waals surface area contributed by atoms with Crippen LogP contribution < -0.4 is 0 Å². The Labute approximate surface area is 58.2 Å². The second kappa shape index (κ2) is 5.75. The van der Waals surface area contributed by atoms with Gasteiger partial charge in [-0.05, 0) is 18.4 Å². The summed E-state index contributed by atoms with van der Waals surface area (Å²) in [5.41, 5.74) is 0. The first-order chi connectivity index (χ1) is 4.35. The van der Waals surface area contributed by atoms with E-state index in [2.05, 4.69) is 5.18 Å². The summed E-state index contributed by atoms with van der Waals surface area (Å²) in [5, 5.41) is 2.61. The normalized spacial score (nSPS) is 12.6. The summed E-state index contributed by atoms with van der Waals surface area (Å²) in [6.45, 7) is 0. The fourth-order valence-electron chi connectivity index (χ4n) is 0.384. The lowest BCUT2D eigenvalue weighted by Gasteiger charge is -1.95. The first-order valence-electron chi connectivity index (χ1n) is 2.61. The Morgan fingerprint density at radius 3 is 2.78 bits per heavy atom. The number of thioether (sulfide) groups is 1. The van der Waals surface area contributed by atoms with Gasteiger partial charge in [0.2, 0.25) is 0 Å². The van der Waals surface area contributed by atoms with Gasteiger partial charge in [-0.25, -0.2) is 0 Å². The van der Waals surface area contributed by atoms with Gasteiger partial charge in [-0.2, -0.15) is 16.7 Å². The van der Waals surface area contributed by atoms with Gasteiger partial charge in [0, 0.05) is 0 Å². The number of aldehydes is 1. The minimum Gasteiger partial charge on any atom is -0.301 e. The van der Waals surface area contributed by atoms with E-state index >= 15 is 0 Å². The number of rotatable bonds is 5. The minimum absolute atomic E-state index is 0.564. The average molecular weight is 147 g/mol. The van der Waals surface area contributed by atoms with Crippen LogP contribution in [0.3, 0.4) is 0 Å². The average Bonchev–Trinajstić information content (AvgIpc) is 1.91. The van der Waals surface area contributed by atoms with Gasteiger partial charge in [0.05, 0.1) is 0 Å². The Hall–Kier alpha value is -0.380. The molecular formula is C5H9NO2S. The number of nitrogens with zero attached hydrogens (tertiary/aromatic N) is 1. The molecule has 0 fully saturated rings. The molecule has 0 unspecified atom stereocenters. The van der Waals surface area contributed by atoms with Crippen molar-refractivity contribution >= 4 is 18.0 Å². The van der Waals surface area contributed by atoms with Gasteiger partial charge in [0.15, 0.2) is 0 Å². The molecule has 0 aliphatic rings. The van der Waals surface area contributed by atoms with Crippen molar-refractivity contribution in [3.63, 3.8) is 0 Å². The van der Waals surface area contributed by atoms with E-state index in [0.29, 0.717) is 12.7 Å². The van der Waals surface area contributed by atoms with Crippen LogP contribution in [0.25, 0.3) is 0 Å². The molecule has 3 nitrogen and oxygen atoms in total. The lowest BCUT2D eigenvalue weighted by atomic mass is 10.3. The van der Waals surface area contributed by atoms with E-state index in [4.69, 9.17) is 0 Å². The molecule has 1 atom stereocenters. The SMILES string of the molecule is CSCC[C@H](C=O)N=O. The quantitative estimate of drug-likeness (QED) is 0.431. The van der Waals surface area contributed by atoms with E-state index in [9.17, 15) is 9.70 Å². The summed E-state index contributed by atoms with van der Waals surface area (Å²) in [6, 6.07) is -0.627. The topological polar surface area (TPSA) is 46.5 Å². The first kappa shape index (κ1) is 8.62. The van der Waals surface area contributed by atoms with Crippen LogP contribution in [0.1, 0.15) is 6.42 Å². The molecule has 0 bridgehead atoms. The largest absolute Gasteiger partial charge is 0.301 e. The molecule has 0 aliphatic heterocycles. The van der Waals surface area contributed by atoms with E-state index in [-0.39, 0.29) is 0 Å². The fraction of sp³-hybridized carbons (Fsp3) is 0.800. The van der Waals surface area contributed by atoms with Crippen LogP contribution in [-0.4, -0.2) is 24.3 Å². The summed E-state index contributed by atoms with van der Waals surface area (Å²) < 4.78 is 0. The van der Waals surface area contributed by atoms with E-state index in [1.165, 1.54) is 0 Å². The Balaban J connectivity index is 3.30. The third-order valence-electron chi connectivity index (χ3n) is 0.910. The Kier molecular flexibility index (Phi) is 5.51. The molecule has 0 aromatic rings. The molecule has 9 heavy (non-hydrogen) atoms. The molecule has 0 aliphatic carbocycles. The van der Waals surface area contributed by atoms with Crippen LogP contribution in [0, 0.1) is 4.91 Å². The zero-order chi connectivity index (χ0) is 7.11. The van der Waals surface area contributed by atoms with Gasteiger partial charge in [0.1, 0.15) is 12.3 Å². The van der Waals surface area contributed by atoms with Crippen LogP contribution in [0.4, 0.5) is 0 Å². The Morgan fingerprint density at radius 2 is 2.44 bits per heavy atom. The number of hydrogen-bond donors (Lipinski definition) is 0. The lowest BCUT2D eigenvalue weighted by molar-refractivity contribution is -0.108. The smallest absolute Gasteiger partial charge is 0.148 e. The summed E-state index contributed by atoms with van der Waals surface area (Å²) in [7, 11) is 0. The molecule has 0 heterocycles. The monoisotopic (exact) mass is 147 g/mol. The minimum atomic E-state index is -0.627. The van der Waals surface area contributed by atoms with Crippen molar-refractivity contribution in [2.45, 2.75) is 12.5 Å². The maximum atomic E-state index is 9.94.